The number of phosphoric acid groups is 4. The van der Waals surface area contributed by atoms with Gasteiger partial charge < -0.3 is 74.3 Å². The molecule has 0 amide bonds. The van der Waals surface area contributed by atoms with Crippen molar-refractivity contribution in [2.45, 2.75) is 0 Å². The molecule has 0 saturated heterocycles. The maximum absolute atomic E-state index is 8.88. The molecule has 0 spiro atoms. The van der Waals surface area contributed by atoms with Crippen molar-refractivity contribution in [1.82, 2.24) is 0 Å². The first-order valence-electron chi connectivity index (χ1n) is 3.90. The molecule has 0 fully saturated rings. The zero-order chi connectivity index (χ0) is 24.0. The molecule has 0 radical (unpaired) electrons. The summed E-state index contributed by atoms with van der Waals surface area (Å²) in [5.41, 5.74) is 0. The van der Waals surface area contributed by atoms with Crippen LogP contribution >= 0.6 is 31.3 Å². The van der Waals surface area contributed by atoms with Gasteiger partial charge in [0.1, 0.15) is 0 Å². The standard InChI is InChI=1S/3H3NO.4H3O4P/c3*1-2;4*1-5(2,3)4/h3*2H,1H2;4*(H3,1,2,3,4). The second-order valence-corrected chi connectivity index (χ2v) is 6.16. The predicted octanol–water partition coefficient (Wildman–Crippen LogP) is -5.71. The van der Waals surface area contributed by atoms with Crippen LogP contribution in [0.25, 0.3) is 0 Å². The van der Waals surface area contributed by atoms with E-state index in [0.717, 1.165) is 0 Å². The smallest absolute Gasteiger partial charge is 0.320 e. The van der Waals surface area contributed by atoms with Crippen molar-refractivity contribution in [3.8, 4) is 0 Å². The summed E-state index contributed by atoms with van der Waals surface area (Å²) >= 11 is 0. The molecule has 0 aliphatic carbocycles. The fourth-order valence-electron chi connectivity index (χ4n) is 0. The molecule has 0 atom stereocenters. The molecule has 0 saturated carbocycles. The Morgan fingerprint density at radius 3 is 0.308 bits per heavy atom. The summed E-state index contributed by atoms with van der Waals surface area (Å²) in [5, 5.41) is 19.5. The molecule has 0 bridgehead atoms. The zero-order valence-corrected chi connectivity index (χ0v) is 15.4. The molecule has 0 heterocycles. The topological polar surface area (TPSA) is 450 Å². The third kappa shape index (κ3) is 326000. The highest BCUT2D eigenvalue weighted by molar-refractivity contribution is 7.45. The van der Waals surface area contributed by atoms with E-state index in [9.17, 15) is 0 Å². The lowest BCUT2D eigenvalue weighted by Gasteiger charge is -1.82. The van der Waals surface area contributed by atoms with Crippen LogP contribution in [0.15, 0.2) is 0 Å². The van der Waals surface area contributed by atoms with Gasteiger partial charge in [-0.3, -0.25) is 0 Å². The van der Waals surface area contributed by atoms with Crippen molar-refractivity contribution in [2.24, 2.45) is 17.7 Å². The van der Waals surface area contributed by atoms with E-state index in [1.165, 1.54) is 0 Å². The van der Waals surface area contributed by atoms with Gasteiger partial charge in [0, 0.05) is 0 Å². The Hall–Kier alpha value is 0.200. The lowest BCUT2D eigenvalue weighted by Crippen LogP contribution is -1.72. The Morgan fingerprint density at radius 2 is 0.308 bits per heavy atom. The largest absolute Gasteiger partial charge is 0.466 e. The molecule has 21 N–H and O–H groups in total. The minimum Gasteiger partial charge on any atom is -0.320 e. The number of hydrogen-bond donors (Lipinski definition) is 18. The zero-order valence-electron chi connectivity index (χ0n) is 11.9. The lowest BCUT2D eigenvalue weighted by atomic mass is 13.6. The van der Waals surface area contributed by atoms with Crippen LogP contribution in [0, 0.1) is 0 Å². The van der Waals surface area contributed by atoms with Crippen LogP contribution in [0.3, 0.4) is 0 Å². The molecule has 0 unspecified atom stereocenters. The second-order valence-electron chi connectivity index (χ2n) is 2.05. The van der Waals surface area contributed by atoms with Gasteiger partial charge in [-0.05, 0) is 0 Å². The average molecular weight is 491 g/mol. The number of hydrogen-bond acceptors (Lipinski definition) is 10. The summed E-state index contributed by atoms with van der Waals surface area (Å²) in [7, 11) is -18.6. The Kier molecular flexibility index (Phi) is 43.7. The SMILES string of the molecule is NO.NO.NO.O=P(O)(O)O.O=P(O)(O)O.O=P(O)(O)O.O=P(O)(O)O. The number of rotatable bonds is 0. The van der Waals surface area contributed by atoms with Crippen LogP contribution < -0.4 is 17.7 Å². The molecule has 0 aromatic carbocycles. The van der Waals surface area contributed by atoms with Gasteiger partial charge >= 0.3 is 31.3 Å². The quantitative estimate of drug-likeness (QED) is 0.111. The molecular weight excluding hydrogens is 470 g/mol. The summed E-state index contributed by atoms with van der Waals surface area (Å²) in [6.07, 6.45) is 0. The van der Waals surface area contributed by atoms with Crippen molar-refractivity contribution < 1.29 is 92.6 Å². The Labute approximate surface area is 142 Å². The van der Waals surface area contributed by atoms with Gasteiger partial charge in [-0.15, -0.1) is 0 Å². The monoisotopic (exact) mass is 491 g/mol. The normalized spacial score (nSPS) is 9.77. The Balaban J connectivity index is -0.0000000337. The van der Waals surface area contributed by atoms with Crippen molar-refractivity contribution in [3.05, 3.63) is 0 Å². The summed E-state index contributed by atoms with van der Waals surface area (Å²) in [6, 6.07) is 0. The highest BCUT2D eigenvalue weighted by Crippen LogP contribution is 2.27. The minimum absolute atomic E-state index is 3.50. The molecule has 170 valence electrons. The molecule has 0 rings (SSSR count). The van der Waals surface area contributed by atoms with E-state index in [0.29, 0.717) is 0 Å². The van der Waals surface area contributed by atoms with Crippen molar-refractivity contribution in [2.75, 3.05) is 0 Å². The average Bonchev–Trinajstić information content (AvgIpc) is 2.27. The maximum Gasteiger partial charge on any atom is 0.466 e. The molecule has 0 aromatic rings. The summed E-state index contributed by atoms with van der Waals surface area (Å²) in [5.74, 6) is 10.5. The van der Waals surface area contributed by atoms with Gasteiger partial charge in [-0.2, -0.15) is 0 Å². The van der Waals surface area contributed by atoms with Gasteiger partial charge in [0.15, 0.2) is 0 Å². The van der Waals surface area contributed by atoms with E-state index in [-0.39, 0.29) is 0 Å². The third-order valence-corrected chi connectivity index (χ3v) is 0. The number of nitrogens with two attached hydrogens (primary N) is 3. The first kappa shape index (κ1) is 45.1. The highest BCUT2D eigenvalue weighted by Gasteiger charge is 2.01. The first-order valence-corrected chi connectivity index (χ1v) is 10.2. The molecule has 26 heteroatoms. The van der Waals surface area contributed by atoms with E-state index in [1.54, 1.807) is 0 Å². The summed E-state index contributed by atoms with van der Waals surface area (Å²) in [6.45, 7) is 0. The molecular formula is H21N3O19P4. The molecule has 22 nitrogen and oxygen atoms in total. The molecule has 0 aromatic heterocycles. The van der Waals surface area contributed by atoms with E-state index < -0.39 is 31.3 Å². The van der Waals surface area contributed by atoms with Gasteiger partial charge in [-0.1, -0.05) is 0 Å². The highest BCUT2D eigenvalue weighted by atomic mass is 31.2. The predicted molar refractivity (Wildman–Crippen MR) is 75.0 cm³/mol. The lowest BCUT2D eigenvalue weighted by molar-refractivity contribution is 0.272. The van der Waals surface area contributed by atoms with Gasteiger partial charge in [0.25, 0.3) is 0 Å². The van der Waals surface area contributed by atoms with Crippen molar-refractivity contribution in [1.29, 1.82) is 0 Å². The van der Waals surface area contributed by atoms with Gasteiger partial charge in [0.05, 0.1) is 0 Å². The first-order chi connectivity index (χ1) is 11.0. The summed E-state index contributed by atoms with van der Waals surface area (Å²) in [4.78, 5) is 86.2. The van der Waals surface area contributed by atoms with Crippen LogP contribution in [0.4, 0.5) is 0 Å². The second kappa shape index (κ2) is 25.2. The van der Waals surface area contributed by atoms with Crippen molar-refractivity contribution >= 4 is 31.3 Å². The van der Waals surface area contributed by atoms with Crippen LogP contribution in [-0.2, 0) is 18.3 Å². The van der Waals surface area contributed by atoms with E-state index >= 15 is 0 Å². The fraction of sp³-hybridized carbons (Fsp3) is 0. The Morgan fingerprint density at radius 1 is 0.308 bits per heavy atom. The maximum atomic E-state index is 8.88. The fourth-order valence-corrected chi connectivity index (χ4v) is 0. The van der Waals surface area contributed by atoms with E-state index in [1.807, 2.05) is 0 Å². The third-order valence-electron chi connectivity index (χ3n) is 0. The van der Waals surface area contributed by atoms with Gasteiger partial charge in [0.2, 0.25) is 0 Å². The van der Waals surface area contributed by atoms with Gasteiger partial charge in [-0.25, -0.2) is 36.0 Å². The van der Waals surface area contributed by atoms with Crippen molar-refractivity contribution in [3.63, 3.8) is 0 Å². The van der Waals surface area contributed by atoms with E-state index in [2.05, 4.69) is 17.7 Å². The van der Waals surface area contributed by atoms with E-state index in [4.69, 9.17) is 92.6 Å². The molecule has 0 aliphatic rings. The summed E-state index contributed by atoms with van der Waals surface area (Å²) < 4.78 is 35.5. The minimum atomic E-state index is -4.64. The molecule has 26 heavy (non-hydrogen) atoms. The van der Waals surface area contributed by atoms with Crippen LogP contribution in [0.1, 0.15) is 0 Å². The van der Waals surface area contributed by atoms with Crippen LogP contribution in [-0.4, -0.2) is 74.3 Å². The van der Waals surface area contributed by atoms with Crippen LogP contribution in [0.5, 0.6) is 0 Å². The van der Waals surface area contributed by atoms with Crippen LogP contribution in [0.2, 0.25) is 0 Å². The molecule has 0 aliphatic heterocycles. The Bertz CT molecular complexity index is 293.